The first-order chi connectivity index (χ1) is 32.0. The van der Waals surface area contributed by atoms with E-state index in [1.54, 1.807) is 7.11 Å². The highest BCUT2D eigenvalue weighted by atomic mass is 16.5. The predicted molar refractivity (Wildman–Crippen MR) is 264 cm³/mol. The molecule has 20 bridgehead atoms. The Hall–Kier alpha value is -8.54. The van der Waals surface area contributed by atoms with Gasteiger partial charge in [-0.3, -0.25) is 0 Å². The van der Waals surface area contributed by atoms with Crippen molar-refractivity contribution in [2.24, 2.45) is 7.05 Å². The van der Waals surface area contributed by atoms with Gasteiger partial charge < -0.3 is 4.74 Å². The highest BCUT2D eigenvalue weighted by molar-refractivity contribution is 6.04. The van der Waals surface area contributed by atoms with Crippen LogP contribution in [0.1, 0.15) is 0 Å². The Bertz CT molecular complexity index is 3580. The minimum Gasteiger partial charge on any atom is -0.496 e. The first-order valence-electron chi connectivity index (χ1n) is 22.0. The van der Waals surface area contributed by atoms with E-state index in [-0.39, 0.29) is 0 Å². The number of hydrogen-bond acceptors (Lipinski definition) is 3. The summed E-state index contributed by atoms with van der Waals surface area (Å²) in [6.07, 6.45) is 2.06. The van der Waals surface area contributed by atoms with Crippen LogP contribution in [0.15, 0.2) is 212 Å². The van der Waals surface area contributed by atoms with Crippen molar-refractivity contribution in [1.29, 1.82) is 0 Å². The van der Waals surface area contributed by atoms with Crippen molar-refractivity contribution in [2.75, 3.05) is 7.11 Å². The summed E-state index contributed by atoms with van der Waals surface area (Å²) in [6.45, 7) is 0. The van der Waals surface area contributed by atoms with E-state index in [1.165, 1.54) is 11.1 Å². The van der Waals surface area contributed by atoms with Gasteiger partial charge in [0.15, 0.2) is 6.20 Å². The van der Waals surface area contributed by atoms with Crippen molar-refractivity contribution < 1.29 is 14.3 Å². The summed E-state index contributed by atoms with van der Waals surface area (Å²) in [6, 6.07) is 73.8. The fourth-order valence-electron chi connectivity index (χ4n) is 9.31. The molecule has 25 rings (SSSR count). The summed E-state index contributed by atoms with van der Waals surface area (Å²) in [4.78, 5) is 14.0. The number of H-pyrrole nitrogens is 1. The van der Waals surface area contributed by atoms with Crippen LogP contribution in [0.3, 0.4) is 0 Å². The lowest BCUT2D eigenvalue weighted by atomic mass is 9.97. The van der Waals surface area contributed by atoms with E-state index in [0.717, 1.165) is 117 Å². The van der Waals surface area contributed by atoms with Gasteiger partial charge in [-0.05, 0) is 106 Å². The lowest BCUT2D eigenvalue weighted by Gasteiger charge is -2.11. The number of hydrogen-bond donors (Lipinski definition) is 0. The molecule has 11 aromatic rings. The van der Waals surface area contributed by atoms with Crippen LogP contribution in [0.5, 0.6) is 5.75 Å². The highest BCUT2D eigenvalue weighted by Gasteiger charge is 2.18. The number of aromatic nitrogens is 4. The summed E-state index contributed by atoms with van der Waals surface area (Å²) in [7, 11) is 3.88. The average Bonchev–Trinajstić information content (AvgIpc) is 3.38. The van der Waals surface area contributed by atoms with E-state index in [1.807, 2.05) is 0 Å². The molecule has 14 aliphatic heterocycles. The topological polar surface area (TPSA) is 53.0 Å². The normalized spacial score (nSPS) is 11.5. The van der Waals surface area contributed by atoms with Crippen LogP contribution in [-0.4, -0.2) is 17.1 Å². The second-order valence-corrected chi connectivity index (χ2v) is 16.8. The van der Waals surface area contributed by atoms with Crippen LogP contribution in [0.4, 0.5) is 0 Å². The molecule has 306 valence electrons. The molecule has 1 N–H and O–H groups in total. The number of rotatable bonds is 1. The Morgan fingerprint density at radius 3 is 1.25 bits per heavy atom. The Morgan fingerprint density at radius 1 is 0.385 bits per heavy atom. The molecule has 0 radical (unpaired) electrons. The molecule has 0 saturated carbocycles. The van der Waals surface area contributed by atoms with Crippen LogP contribution in [0.2, 0.25) is 0 Å². The third-order valence-corrected chi connectivity index (χ3v) is 13.0. The molecule has 4 aromatic heterocycles. The zero-order valence-electron chi connectivity index (χ0n) is 36.0. The van der Waals surface area contributed by atoms with Crippen molar-refractivity contribution in [1.82, 2.24) is 9.97 Å². The molecule has 5 nitrogen and oxygen atoms in total. The molecule has 0 amide bonds. The molecule has 0 atom stereocenters. The molecular formula is C60H42N4O+2. The number of nitrogens with one attached hydrogen (secondary N) is 1. The highest BCUT2D eigenvalue weighted by Crippen LogP contribution is 2.36. The minimum absolute atomic E-state index is 0.823. The quantitative estimate of drug-likeness (QED) is 0.122. The smallest absolute Gasteiger partial charge is 0.212 e. The van der Waals surface area contributed by atoms with Gasteiger partial charge in [-0.25, -0.2) is 15.0 Å². The Morgan fingerprint density at radius 2 is 0.785 bits per heavy atom. The van der Waals surface area contributed by atoms with Crippen molar-refractivity contribution in [3.8, 4) is 107 Å². The summed E-state index contributed by atoms with van der Waals surface area (Å²) < 4.78 is 8.23. The van der Waals surface area contributed by atoms with Gasteiger partial charge in [-0.1, -0.05) is 115 Å². The molecule has 7 aromatic carbocycles. The van der Waals surface area contributed by atoms with Crippen LogP contribution in [-0.2, 0) is 7.05 Å². The Balaban J connectivity index is 0.948. The summed E-state index contributed by atoms with van der Waals surface area (Å²) >= 11 is 0. The van der Waals surface area contributed by atoms with E-state index in [9.17, 15) is 0 Å². The monoisotopic (exact) mass is 834 g/mol. The van der Waals surface area contributed by atoms with E-state index in [2.05, 4.69) is 229 Å². The van der Waals surface area contributed by atoms with E-state index in [4.69, 9.17) is 14.7 Å². The molecule has 14 aliphatic rings. The van der Waals surface area contributed by atoms with Gasteiger partial charge in [0.2, 0.25) is 17.1 Å². The number of ether oxygens (including phenoxy) is 1. The number of aromatic amines is 1. The Kier molecular flexibility index (Phi) is 9.20. The minimum atomic E-state index is 0.823. The number of nitrogens with zero attached hydrogens (tertiary/aromatic N) is 3. The third-order valence-electron chi connectivity index (χ3n) is 13.0. The second kappa shape index (κ2) is 15.7. The zero-order valence-corrected chi connectivity index (χ0v) is 36.0. The molecule has 65 heavy (non-hydrogen) atoms. The molecule has 5 heteroatoms. The van der Waals surface area contributed by atoms with Gasteiger partial charge in [-0.2, -0.15) is 4.57 Å². The number of benzene rings is 7. The third kappa shape index (κ3) is 6.91. The van der Waals surface area contributed by atoms with Crippen LogP contribution in [0.25, 0.3) is 123 Å². The van der Waals surface area contributed by atoms with Gasteiger partial charge in [0.1, 0.15) is 12.8 Å². The first-order valence-corrected chi connectivity index (χ1v) is 22.0. The number of methoxy groups -OCH3 is 1. The standard InChI is InChI=1S/C60H41N4O/c1-64-56-4-3-5-57(64)47-24-20-45(21-25-47)55-35-30-49-27-26-48-29-34-54(62-59(48)60(49)63-55)44-18-12-40(13-19-44)38-6-8-42(9-7-38)50-28-32-52(58(36-50)65-2)51-31-33-53(61-37-51)43-16-10-39(11-17-43)41-14-22-46(56)23-15-41/h3-37H,1-2H3/q+1/p+1. The SMILES string of the molecule is COc1cc2ccc1-c1ccc([nH+]c1)-c1ccc(cc1)-c1ccc(cc1)-c1cccc([n+]1C)-c1ccc(cc1)-c1ccc3ccc4ccc(nc4c3n1)-c1ccc(cc1)-c1ccc-2cc1. The lowest BCUT2D eigenvalue weighted by Crippen LogP contribution is -2.33. The van der Waals surface area contributed by atoms with E-state index >= 15 is 0 Å². The molecule has 0 spiro atoms. The molecule has 18 heterocycles. The van der Waals surface area contributed by atoms with E-state index < -0.39 is 0 Å². The van der Waals surface area contributed by atoms with Crippen molar-refractivity contribution >= 4 is 21.8 Å². The maximum atomic E-state index is 5.96. The molecular weight excluding hydrogens is 793 g/mol. The summed E-state index contributed by atoms with van der Waals surface area (Å²) in [5.41, 5.74) is 21.4. The van der Waals surface area contributed by atoms with Gasteiger partial charge >= 0.3 is 0 Å². The van der Waals surface area contributed by atoms with Gasteiger partial charge in [0, 0.05) is 67.9 Å². The average molecular weight is 835 g/mol. The van der Waals surface area contributed by atoms with Crippen LogP contribution < -0.4 is 14.3 Å². The summed E-state index contributed by atoms with van der Waals surface area (Å²) in [5, 5.41) is 2.13. The number of pyridine rings is 4. The molecule has 0 aliphatic carbocycles. The van der Waals surface area contributed by atoms with Crippen LogP contribution in [0, 0.1) is 0 Å². The zero-order chi connectivity index (χ0) is 43.4. The lowest BCUT2D eigenvalue weighted by molar-refractivity contribution is -0.649. The Labute approximate surface area is 377 Å². The van der Waals surface area contributed by atoms with Crippen molar-refractivity contribution in [3.05, 3.63) is 212 Å². The molecule has 0 saturated heterocycles. The van der Waals surface area contributed by atoms with Crippen molar-refractivity contribution in [3.63, 3.8) is 0 Å². The maximum absolute atomic E-state index is 5.96. The second-order valence-electron chi connectivity index (χ2n) is 16.8. The van der Waals surface area contributed by atoms with Crippen LogP contribution >= 0.6 is 0 Å². The fourth-order valence-corrected chi connectivity index (χ4v) is 9.31. The molecule has 0 unspecified atom stereocenters. The summed E-state index contributed by atoms with van der Waals surface area (Å²) in [5.74, 6) is 0.823. The largest absolute Gasteiger partial charge is 0.496 e. The van der Waals surface area contributed by atoms with E-state index in [0.29, 0.717) is 0 Å². The van der Waals surface area contributed by atoms with Crippen molar-refractivity contribution in [2.45, 2.75) is 0 Å². The van der Waals surface area contributed by atoms with Gasteiger partial charge in [0.05, 0.1) is 29.5 Å². The van der Waals surface area contributed by atoms with Gasteiger partial charge in [-0.15, -0.1) is 0 Å². The first kappa shape index (κ1) is 38.2. The van der Waals surface area contributed by atoms with Gasteiger partial charge in [0.25, 0.3) is 0 Å². The predicted octanol–water partition coefficient (Wildman–Crippen LogP) is 13.7. The fraction of sp³-hybridized carbons (Fsp3) is 0.0333. The molecule has 0 fully saturated rings. The maximum Gasteiger partial charge on any atom is 0.212 e.